The average molecular weight is 584 g/mol. The normalized spacial score (nSPS) is 23.4. The van der Waals surface area contributed by atoms with Crippen molar-refractivity contribution in [2.24, 2.45) is 17.8 Å². The molecule has 216 valence electrons. The number of pyridine rings is 1. The highest BCUT2D eigenvalue weighted by Gasteiger charge is 2.32. The summed E-state index contributed by atoms with van der Waals surface area (Å²) < 4.78 is 0. The number of piperidine rings is 3. The molecule has 0 radical (unpaired) electrons. The molecule has 0 bridgehead atoms. The number of amides is 1. The van der Waals surface area contributed by atoms with Gasteiger partial charge in [0.15, 0.2) is 0 Å². The molecule has 0 spiro atoms. The molecule has 3 aliphatic heterocycles. The summed E-state index contributed by atoms with van der Waals surface area (Å²) in [6.45, 7) is 7.53. The summed E-state index contributed by atoms with van der Waals surface area (Å²) in [7, 11) is 0. The summed E-state index contributed by atoms with van der Waals surface area (Å²) >= 11 is 12.7. The molecule has 0 saturated carbocycles. The second kappa shape index (κ2) is 13.1. The number of hydrogen-bond donors (Lipinski definition) is 1. The van der Waals surface area contributed by atoms with Crippen LogP contribution in [-0.4, -0.2) is 66.5 Å². The Bertz CT molecular complexity index is 1110. The third-order valence-corrected chi connectivity index (χ3v) is 10.7. The van der Waals surface area contributed by atoms with Crippen molar-refractivity contribution >= 4 is 29.1 Å². The van der Waals surface area contributed by atoms with Crippen molar-refractivity contribution in [1.82, 2.24) is 20.1 Å². The molecule has 1 N–H and O–H groups in total. The largest absolute Gasteiger partial charge is 0.343 e. The first-order chi connectivity index (χ1) is 19.5. The molecular weight excluding hydrogens is 539 g/mol. The molecule has 3 fully saturated rings. The molecule has 5 nitrogen and oxygen atoms in total. The van der Waals surface area contributed by atoms with E-state index in [2.05, 4.69) is 33.3 Å². The molecule has 6 rings (SSSR count). The van der Waals surface area contributed by atoms with Crippen LogP contribution in [-0.2, 0) is 17.6 Å². The lowest BCUT2D eigenvalue weighted by molar-refractivity contribution is -0.134. The van der Waals surface area contributed by atoms with E-state index in [1.54, 1.807) is 0 Å². The van der Waals surface area contributed by atoms with E-state index < -0.39 is 0 Å². The molecule has 4 aliphatic rings. The fourth-order valence-electron chi connectivity index (χ4n) is 7.89. The van der Waals surface area contributed by atoms with E-state index in [-0.39, 0.29) is 5.92 Å². The van der Waals surface area contributed by atoms with Crippen LogP contribution in [0.5, 0.6) is 0 Å². The Balaban J connectivity index is 1.00. The summed E-state index contributed by atoms with van der Waals surface area (Å²) in [5, 5.41) is 4.95. The number of fused-ring (bicyclic) bond motifs is 2. The zero-order valence-electron chi connectivity index (χ0n) is 23.7. The number of aryl methyl sites for hydroxylation is 2. The Morgan fingerprint density at radius 3 is 2.30 bits per heavy atom. The van der Waals surface area contributed by atoms with E-state index in [9.17, 15) is 4.79 Å². The number of rotatable bonds is 6. The molecule has 4 heterocycles. The number of hydrogen-bond acceptors (Lipinski definition) is 4. The minimum atomic E-state index is 0.284. The Hall–Kier alpha value is -1.66. The van der Waals surface area contributed by atoms with Crippen LogP contribution < -0.4 is 5.32 Å². The van der Waals surface area contributed by atoms with Crippen LogP contribution in [0.1, 0.15) is 79.7 Å². The molecule has 1 atom stereocenters. The first kappa shape index (κ1) is 28.5. The zero-order valence-corrected chi connectivity index (χ0v) is 25.2. The Morgan fingerprint density at radius 2 is 1.55 bits per heavy atom. The zero-order chi connectivity index (χ0) is 27.5. The van der Waals surface area contributed by atoms with Gasteiger partial charge in [0.05, 0.1) is 10.7 Å². The smallest absolute Gasteiger partial charge is 0.222 e. The number of halogens is 2. The molecule has 3 saturated heterocycles. The molecule has 40 heavy (non-hydrogen) atoms. The third-order valence-electron chi connectivity index (χ3n) is 10.3. The second-order valence-electron chi connectivity index (χ2n) is 12.7. The summed E-state index contributed by atoms with van der Waals surface area (Å²) in [6, 6.07) is 8.52. The van der Waals surface area contributed by atoms with Crippen molar-refractivity contribution in [3.05, 3.63) is 62.9 Å². The predicted octanol–water partition coefficient (Wildman–Crippen LogP) is 6.35. The van der Waals surface area contributed by atoms with Gasteiger partial charge < -0.3 is 15.1 Å². The number of nitrogens with zero attached hydrogens (tertiary/aromatic N) is 3. The van der Waals surface area contributed by atoms with Gasteiger partial charge in [-0.2, -0.15) is 0 Å². The van der Waals surface area contributed by atoms with E-state index in [4.69, 9.17) is 28.2 Å². The van der Waals surface area contributed by atoms with Crippen molar-refractivity contribution in [2.75, 3.05) is 45.8 Å². The number of benzene rings is 1. The van der Waals surface area contributed by atoms with Crippen LogP contribution in [0.15, 0.2) is 30.5 Å². The fourth-order valence-corrected chi connectivity index (χ4v) is 8.26. The molecule has 1 aromatic carbocycles. The number of aromatic nitrogens is 1. The minimum Gasteiger partial charge on any atom is -0.343 e. The van der Waals surface area contributed by atoms with Crippen LogP contribution in [0.4, 0.5) is 0 Å². The molecule has 1 unspecified atom stereocenters. The molecule has 1 aromatic heterocycles. The standard InChI is InChI=1S/C33H44Cl2N4O/c34-28-3-4-30-26(20-28)1-2-27-21-29(35)22-37-33(27)31(30)11-16-38-14-7-24(8-15-38)25-9-17-39(18-10-25)32(40)19-23-5-12-36-13-6-23/h3-4,20-25,31,36H,1-2,5-19H2. The van der Waals surface area contributed by atoms with Gasteiger partial charge in [-0.15, -0.1) is 0 Å². The number of carbonyl (C=O) groups is 1. The highest BCUT2D eigenvalue weighted by Crippen LogP contribution is 2.38. The van der Waals surface area contributed by atoms with Gasteiger partial charge in [0, 0.05) is 36.6 Å². The summed E-state index contributed by atoms with van der Waals surface area (Å²) in [6.07, 6.45) is 12.8. The van der Waals surface area contributed by atoms with E-state index >= 15 is 0 Å². The third kappa shape index (κ3) is 6.69. The lowest BCUT2D eigenvalue weighted by Crippen LogP contribution is -2.43. The molecule has 1 aliphatic carbocycles. The first-order valence-corrected chi connectivity index (χ1v) is 16.4. The van der Waals surface area contributed by atoms with Crippen molar-refractivity contribution in [2.45, 2.75) is 70.1 Å². The van der Waals surface area contributed by atoms with E-state index in [0.29, 0.717) is 11.8 Å². The van der Waals surface area contributed by atoms with Gasteiger partial charge in [0.25, 0.3) is 0 Å². The Labute approximate surface area is 250 Å². The SMILES string of the molecule is O=C(CC1CCNCC1)N1CCC(C2CCN(CCC3c4ccc(Cl)cc4CCc4cc(Cl)cnc43)CC2)CC1. The monoisotopic (exact) mass is 582 g/mol. The van der Waals surface area contributed by atoms with E-state index in [1.165, 1.54) is 61.2 Å². The summed E-state index contributed by atoms with van der Waals surface area (Å²) in [5.74, 6) is 2.86. The maximum Gasteiger partial charge on any atom is 0.222 e. The summed E-state index contributed by atoms with van der Waals surface area (Å²) in [4.78, 5) is 22.6. The second-order valence-corrected chi connectivity index (χ2v) is 13.5. The van der Waals surface area contributed by atoms with Crippen molar-refractivity contribution in [1.29, 1.82) is 0 Å². The fraction of sp³-hybridized carbons (Fsp3) is 0.636. The van der Waals surface area contributed by atoms with Crippen molar-refractivity contribution in [3.8, 4) is 0 Å². The van der Waals surface area contributed by atoms with Crippen LogP contribution in [0.2, 0.25) is 10.0 Å². The Kier molecular flexibility index (Phi) is 9.32. The van der Waals surface area contributed by atoms with Gasteiger partial charge in [-0.05, 0) is 143 Å². The van der Waals surface area contributed by atoms with Crippen molar-refractivity contribution in [3.63, 3.8) is 0 Å². The van der Waals surface area contributed by atoms with E-state index in [1.807, 2.05) is 12.3 Å². The van der Waals surface area contributed by atoms with E-state index in [0.717, 1.165) is 93.1 Å². The Morgan fingerprint density at radius 1 is 0.875 bits per heavy atom. The van der Waals surface area contributed by atoms with Gasteiger partial charge in [-0.1, -0.05) is 29.3 Å². The maximum absolute atomic E-state index is 12.9. The van der Waals surface area contributed by atoms with Crippen LogP contribution in [0.3, 0.4) is 0 Å². The lowest BCUT2D eigenvalue weighted by atomic mass is 9.78. The first-order valence-electron chi connectivity index (χ1n) is 15.7. The molecular formula is C33H44Cl2N4O. The van der Waals surface area contributed by atoms with Gasteiger partial charge in [-0.3, -0.25) is 9.78 Å². The molecule has 2 aromatic rings. The number of nitrogens with one attached hydrogen (secondary N) is 1. The maximum atomic E-state index is 12.9. The van der Waals surface area contributed by atoms with Crippen LogP contribution >= 0.6 is 23.2 Å². The highest BCUT2D eigenvalue weighted by atomic mass is 35.5. The number of likely N-dealkylation sites (tertiary alicyclic amines) is 2. The quantitative estimate of drug-likeness (QED) is 0.431. The lowest BCUT2D eigenvalue weighted by Gasteiger charge is -2.40. The topological polar surface area (TPSA) is 48.5 Å². The highest BCUT2D eigenvalue weighted by molar-refractivity contribution is 6.30. The predicted molar refractivity (Wildman–Crippen MR) is 163 cm³/mol. The van der Waals surface area contributed by atoms with Gasteiger partial charge >= 0.3 is 0 Å². The average Bonchev–Trinajstić information content (AvgIpc) is 3.13. The molecule has 1 amide bonds. The van der Waals surface area contributed by atoms with Crippen LogP contribution in [0.25, 0.3) is 0 Å². The van der Waals surface area contributed by atoms with Gasteiger partial charge in [0.1, 0.15) is 0 Å². The van der Waals surface area contributed by atoms with Crippen LogP contribution in [0, 0.1) is 17.8 Å². The molecule has 7 heteroatoms. The number of carbonyl (C=O) groups excluding carboxylic acids is 1. The van der Waals surface area contributed by atoms with Gasteiger partial charge in [-0.25, -0.2) is 0 Å². The minimum absolute atomic E-state index is 0.284. The van der Waals surface area contributed by atoms with Crippen molar-refractivity contribution < 1.29 is 4.79 Å². The van der Waals surface area contributed by atoms with Gasteiger partial charge in [0.2, 0.25) is 5.91 Å². The summed E-state index contributed by atoms with van der Waals surface area (Å²) in [5.41, 5.74) is 5.21.